The summed E-state index contributed by atoms with van der Waals surface area (Å²) in [5.41, 5.74) is 7.89. The maximum absolute atomic E-state index is 12.1. The SMILES string of the molecule is Cc1ccc(-c2cc(C(=O)NN=Cc3ccccc3)[nH]n2)cc1C. The third kappa shape index (κ3) is 3.57. The third-order valence-corrected chi connectivity index (χ3v) is 3.80. The Kier molecular flexibility index (Phi) is 4.52. The molecule has 24 heavy (non-hydrogen) atoms. The van der Waals surface area contributed by atoms with Gasteiger partial charge in [0.05, 0.1) is 11.9 Å². The number of hydrogen-bond donors (Lipinski definition) is 2. The minimum absolute atomic E-state index is 0.329. The van der Waals surface area contributed by atoms with Crippen molar-refractivity contribution in [3.8, 4) is 11.3 Å². The van der Waals surface area contributed by atoms with E-state index in [0.29, 0.717) is 5.69 Å². The highest BCUT2D eigenvalue weighted by molar-refractivity contribution is 5.94. The highest BCUT2D eigenvalue weighted by Crippen LogP contribution is 2.20. The third-order valence-electron chi connectivity index (χ3n) is 3.80. The van der Waals surface area contributed by atoms with Crippen molar-refractivity contribution >= 4 is 12.1 Å². The molecule has 1 heterocycles. The molecule has 0 unspecified atom stereocenters. The first kappa shape index (κ1) is 15.7. The molecule has 0 aliphatic rings. The van der Waals surface area contributed by atoms with Gasteiger partial charge in [-0.25, -0.2) is 5.43 Å². The van der Waals surface area contributed by atoms with Crippen LogP contribution in [0.2, 0.25) is 0 Å². The second-order valence-electron chi connectivity index (χ2n) is 5.58. The largest absolute Gasteiger partial charge is 0.289 e. The fourth-order valence-electron chi connectivity index (χ4n) is 2.25. The summed E-state index contributed by atoms with van der Waals surface area (Å²) in [7, 11) is 0. The molecule has 5 heteroatoms. The number of carbonyl (C=O) groups excluding carboxylic acids is 1. The number of carbonyl (C=O) groups is 1. The van der Waals surface area contributed by atoms with E-state index in [0.717, 1.165) is 16.8 Å². The fourth-order valence-corrected chi connectivity index (χ4v) is 2.25. The van der Waals surface area contributed by atoms with Gasteiger partial charge >= 0.3 is 0 Å². The molecule has 0 spiro atoms. The highest BCUT2D eigenvalue weighted by Gasteiger charge is 2.10. The molecule has 3 aromatic rings. The van der Waals surface area contributed by atoms with Crippen LogP contribution >= 0.6 is 0 Å². The number of nitrogens with one attached hydrogen (secondary N) is 2. The second-order valence-corrected chi connectivity index (χ2v) is 5.58. The van der Waals surface area contributed by atoms with Gasteiger partial charge in [0.2, 0.25) is 0 Å². The molecule has 2 aromatic carbocycles. The molecule has 0 aliphatic heterocycles. The molecule has 0 saturated heterocycles. The van der Waals surface area contributed by atoms with Gasteiger partial charge < -0.3 is 0 Å². The molecule has 0 radical (unpaired) electrons. The van der Waals surface area contributed by atoms with Gasteiger partial charge in [0.25, 0.3) is 5.91 Å². The van der Waals surface area contributed by atoms with E-state index in [-0.39, 0.29) is 5.91 Å². The molecule has 3 rings (SSSR count). The standard InChI is InChI=1S/C19H18N4O/c1-13-8-9-16(10-14(13)2)17-11-18(22-21-17)19(24)23-20-12-15-6-4-3-5-7-15/h3-12H,1-2H3,(H,21,22)(H,23,24). The number of aromatic amines is 1. The normalized spacial score (nSPS) is 10.9. The van der Waals surface area contributed by atoms with Gasteiger partial charge in [-0.05, 0) is 42.7 Å². The first-order valence-corrected chi connectivity index (χ1v) is 7.65. The Hall–Kier alpha value is -3.21. The number of benzene rings is 2. The molecule has 0 bridgehead atoms. The van der Waals surface area contributed by atoms with Crippen LogP contribution in [0.1, 0.15) is 27.2 Å². The quantitative estimate of drug-likeness (QED) is 0.571. The lowest BCUT2D eigenvalue weighted by Gasteiger charge is -2.01. The average Bonchev–Trinajstić information content (AvgIpc) is 3.08. The van der Waals surface area contributed by atoms with E-state index in [1.54, 1.807) is 12.3 Å². The molecule has 120 valence electrons. The van der Waals surface area contributed by atoms with E-state index in [9.17, 15) is 4.79 Å². The predicted molar refractivity (Wildman–Crippen MR) is 95.0 cm³/mol. The highest BCUT2D eigenvalue weighted by atomic mass is 16.2. The Balaban J connectivity index is 1.69. The van der Waals surface area contributed by atoms with E-state index < -0.39 is 0 Å². The smallest absolute Gasteiger partial charge is 0.272 e. The molecular formula is C19H18N4O. The van der Waals surface area contributed by atoms with Crippen LogP contribution < -0.4 is 5.43 Å². The lowest BCUT2D eigenvalue weighted by molar-refractivity contribution is 0.0950. The van der Waals surface area contributed by atoms with Crippen LogP contribution in [-0.2, 0) is 0 Å². The van der Waals surface area contributed by atoms with Gasteiger partial charge in [-0.3, -0.25) is 9.89 Å². The maximum atomic E-state index is 12.1. The summed E-state index contributed by atoms with van der Waals surface area (Å²) in [5.74, 6) is -0.329. The number of amides is 1. The zero-order valence-electron chi connectivity index (χ0n) is 13.6. The molecule has 0 saturated carbocycles. The number of aromatic nitrogens is 2. The number of hydrogen-bond acceptors (Lipinski definition) is 3. The van der Waals surface area contributed by atoms with Crippen molar-refractivity contribution in [2.45, 2.75) is 13.8 Å². The van der Waals surface area contributed by atoms with E-state index in [1.165, 1.54) is 11.1 Å². The second kappa shape index (κ2) is 6.91. The molecule has 1 amide bonds. The van der Waals surface area contributed by atoms with Crippen molar-refractivity contribution in [2.24, 2.45) is 5.10 Å². The fraction of sp³-hybridized carbons (Fsp3) is 0.105. The molecule has 5 nitrogen and oxygen atoms in total. The summed E-state index contributed by atoms with van der Waals surface area (Å²) < 4.78 is 0. The monoisotopic (exact) mass is 318 g/mol. The van der Waals surface area contributed by atoms with Crippen LogP contribution in [0.3, 0.4) is 0 Å². The minimum atomic E-state index is -0.329. The van der Waals surface area contributed by atoms with Crippen LogP contribution in [-0.4, -0.2) is 22.3 Å². The Morgan fingerprint density at radius 3 is 2.62 bits per heavy atom. The molecule has 1 aromatic heterocycles. The Morgan fingerprint density at radius 1 is 1.08 bits per heavy atom. The van der Waals surface area contributed by atoms with E-state index in [1.807, 2.05) is 42.5 Å². The van der Waals surface area contributed by atoms with Crippen LogP contribution in [0, 0.1) is 13.8 Å². The Labute approximate surface area is 140 Å². The van der Waals surface area contributed by atoms with Crippen molar-refractivity contribution < 1.29 is 4.79 Å². The van der Waals surface area contributed by atoms with Gasteiger partial charge in [-0.1, -0.05) is 42.5 Å². The van der Waals surface area contributed by atoms with Crippen LogP contribution in [0.5, 0.6) is 0 Å². The zero-order valence-corrected chi connectivity index (χ0v) is 13.6. The predicted octanol–water partition coefficient (Wildman–Crippen LogP) is 3.46. The number of rotatable bonds is 4. The van der Waals surface area contributed by atoms with E-state index in [2.05, 4.69) is 40.6 Å². The molecule has 0 fully saturated rings. The van der Waals surface area contributed by atoms with Crippen molar-refractivity contribution in [2.75, 3.05) is 0 Å². The molecule has 0 atom stereocenters. The van der Waals surface area contributed by atoms with Gasteiger partial charge in [0.15, 0.2) is 0 Å². The molecule has 2 N–H and O–H groups in total. The minimum Gasteiger partial charge on any atom is -0.272 e. The van der Waals surface area contributed by atoms with Gasteiger partial charge in [-0.15, -0.1) is 0 Å². The average molecular weight is 318 g/mol. The summed E-state index contributed by atoms with van der Waals surface area (Å²) in [6, 6.07) is 17.4. The lowest BCUT2D eigenvalue weighted by Crippen LogP contribution is -2.17. The summed E-state index contributed by atoms with van der Waals surface area (Å²) in [4.78, 5) is 12.1. The van der Waals surface area contributed by atoms with Gasteiger partial charge in [-0.2, -0.15) is 10.2 Å². The maximum Gasteiger partial charge on any atom is 0.289 e. The first-order chi connectivity index (χ1) is 11.6. The first-order valence-electron chi connectivity index (χ1n) is 7.65. The van der Waals surface area contributed by atoms with Gasteiger partial charge in [0.1, 0.15) is 5.69 Å². The van der Waals surface area contributed by atoms with Crippen molar-refractivity contribution in [3.05, 3.63) is 77.0 Å². The summed E-state index contributed by atoms with van der Waals surface area (Å²) >= 11 is 0. The lowest BCUT2D eigenvalue weighted by atomic mass is 10.0. The van der Waals surface area contributed by atoms with Crippen LogP contribution in [0.4, 0.5) is 0 Å². The summed E-state index contributed by atoms with van der Waals surface area (Å²) in [6.45, 7) is 4.12. The van der Waals surface area contributed by atoms with Crippen molar-refractivity contribution in [3.63, 3.8) is 0 Å². The Bertz CT molecular complexity index is 881. The van der Waals surface area contributed by atoms with Crippen molar-refractivity contribution in [1.82, 2.24) is 15.6 Å². The van der Waals surface area contributed by atoms with E-state index >= 15 is 0 Å². The van der Waals surface area contributed by atoms with Crippen LogP contribution in [0.15, 0.2) is 59.7 Å². The number of H-pyrrole nitrogens is 1. The Morgan fingerprint density at radius 2 is 1.88 bits per heavy atom. The number of hydrazone groups is 1. The molecular weight excluding hydrogens is 300 g/mol. The van der Waals surface area contributed by atoms with Gasteiger partial charge in [0, 0.05) is 5.56 Å². The van der Waals surface area contributed by atoms with Crippen molar-refractivity contribution in [1.29, 1.82) is 0 Å². The number of nitrogens with zero attached hydrogens (tertiary/aromatic N) is 2. The molecule has 0 aliphatic carbocycles. The van der Waals surface area contributed by atoms with Crippen LogP contribution in [0.25, 0.3) is 11.3 Å². The van der Waals surface area contributed by atoms with E-state index in [4.69, 9.17) is 0 Å². The zero-order chi connectivity index (χ0) is 16.9. The summed E-state index contributed by atoms with van der Waals surface area (Å²) in [6.07, 6.45) is 1.60. The number of aryl methyl sites for hydroxylation is 2. The topological polar surface area (TPSA) is 70.1 Å². The summed E-state index contributed by atoms with van der Waals surface area (Å²) in [5, 5.41) is 10.9.